The minimum Gasteiger partial charge on any atom is -0.476 e. The molecule has 1 aliphatic carbocycles. The van der Waals surface area contributed by atoms with Crippen molar-refractivity contribution in [2.45, 2.75) is 25.7 Å². The van der Waals surface area contributed by atoms with E-state index in [2.05, 4.69) is 23.2 Å². The zero-order valence-corrected chi connectivity index (χ0v) is 10.7. The van der Waals surface area contributed by atoms with Crippen LogP contribution in [0, 0.1) is 0 Å². The van der Waals surface area contributed by atoms with Crippen LogP contribution in [0.4, 0.5) is 0 Å². The van der Waals surface area contributed by atoms with Crippen LogP contribution in [0.3, 0.4) is 0 Å². The molecule has 0 amide bonds. The molecule has 0 spiro atoms. The fourth-order valence-corrected chi connectivity index (χ4v) is 3.20. The lowest BCUT2D eigenvalue weighted by Gasteiger charge is -2.02. The number of aromatic carboxylic acids is 1. The number of benzene rings is 1. The number of aromatic nitrogens is 1. The van der Waals surface area contributed by atoms with Crippen molar-refractivity contribution in [1.82, 2.24) is 4.98 Å². The third-order valence-electron chi connectivity index (χ3n) is 3.29. The van der Waals surface area contributed by atoms with Gasteiger partial charge in [0.05, 0.1) is 5.01 Å². The van der Waals surface area contributed by atoms with Crippen molar-refractivity contribution in [2.75, 3.05) is 0 Å². The minimum atomic E-state index is -0.952. The van der Waals surface area contributed by atoms with E-state index >= 15 is 0 Å². The fraction of sp³-hybridized carbons (Fsp3) is 0.286. The van der Waals surface area contributed by atoms with Crippen molar-refractivity contribution in [3.8, 4) is 0 Å². The maximum Gasteiger partial charge on any atom is 0.355 e. The molecule has 4 heteroatoms. The molecule has 0 saturated carbocycles. The molecule has 2 aromatic rings. The molecular weight excluding hydrogens is 246 g/mol. The molecule has 1 heterocycles. The van der Waals surface area contributed by atoms with E-state index in [1.807, 2.05) is 0 Å². The first-order chi connectivity index (χ1) is 8.72. The summed E-state index contributed by atoms with van der Waals surface area (Å²) in [5, 5.41) is 11.3. The Hall–Kier alpha value is -1.68. The number of aryl methyl sites for hydroxylation is 2. The molecule has 3 nitrogen and oxygen atoms in total. The molecule has 0 radical (unpaired) electrons. The molecule has 18 heavy (non-hydrogen) atoms. The molecule has 0 atom stereocenters. The summed E-state index contributed by atoms with van der Waals surface area (Å²) in [6.07, 6.45) is 4.34. The number of hydrogen-bond donors (Lipinski definition) is 1. The highest BCUT2D eigenvalue weighted by atomic mass is 32.1. The van der Waals surface area contributed by atoms with Crippen molar-refractivity contribution >= 4 is 17.3 Å². The summed E-state index contributed by atoms with van der Waals surface area (Å²) in [4.78, 5) is 14.9. The topological polar surface area (TPSA) is 50.2 Å². The minimum absolute atomic E-state index is 0.149. The Morgan fingerprint density at radius 1 is 1.33 bits per heavy atom. The normalized spacial score (nSPS) is 13.6. The SMILES string of the molecule is O=C(O)c1csc(Cc2ccc3c(c2)CCC3)n1. The van der Waals surface area contributed by atoms with Gasteiger partial charge in [0.2, 0.25) is 0 Å². The highest BCUT2D eigenvalue weighted by Crippen LogP contribution is 2.24. The Labute approximate surface area is 109 Å². The second-order valence-electron chi connectivity index (χ2n) is 4.57. The van der Waals surface area contributed by atoms with E-state index in [-0.39, 0.29) is 5.69 Å². The Morgan fingerprint density at radius 2 is 2.17 bits per heavy atom. The first-order valence-corrected chi connectivity index (χ1v) is 6.89. The van der Waals surface area contributed by atoms with Crippen LogP contribution < -0.4 is 0 Å². The number of carbonyl (C=O) groups is 1. The second-order valence-corrected chi connectivity index (χ2v) is 5.51. The van der Waals surface area contributed by atoms with Crippen LogP contribution in [0.1, 0.15) is 38.6 Å². The molecule has 1 aliphatic rings. The van der Waals surface area contributed by atoms with Gasteiger partial charge in [-0.3, -0.25) is 0 Å². The molecule has 1 aromatic carbocycles. The zero-order valence-electron chi connectivity index (χ0n) is 9.85. The number of carboxylic acid groups (broad SMARTS) is 1. The van der Waals surface area contributed by atoms with E-state index < -0.39 is 5.97 Å². The van der Waals surface area contributed by atoms with Gasteiger partial charge < -0.3 is 5.11 Å². The second kappa shape index (κ2) is 4.53. The maximum absolute atomic E-state index is 10.8. The standard InChI is InChI=1S/C14H13NO2S/c16-14(17)12-8-18-13(15-12)7-9-4-5-10-2-1-3-11(10)6-9/h4-6,8H,1-3,7H2,(H,16,17). The monoisotopic (exact) mass is 259 g/mol. The number of hydrogen-bond acceptors (Lipinski definition) is 3. The summed E-state index contributed by atoms with van der Waals surface area (Å²) in [6, 6.07) is 6.57. The van der Waals surface area contributed by atoms with E-state index in [0.29, 0.717) is 0 Å². The molecule has 0 aliphatic heterocycles. The molecule has 1 aromatic heterocycles. The van der Waals surface area contributed by atoms with Crippen LogP contribution in [0.15, 0.2) is 23.6 Å². The highest BCUT2D eigenvalue weighted by molar-refractivity contribution is 7.09. The summed E-state index contributed by atoms with van der Waals surface area (Å²) in [5.41, 5.74) is 4.28. The Kier molecular flexibility index (Phi) is 2.88. The lowest BCUT2D eigenvalue weighted by atomic mass is 10.0. The molecule has 1 N–H and O–H groups in total. The largest absolute Gasteiger partial charge is 0.476 e. The number of rotatable bonds is 3. The fourth-order valence-electron chi connectivity index (χ4n) is 2.40. The van der Waals surface area contributed by atoms with Gasteiger partial charge in [-0.15, -0.1) is 11.3 Å². The Balaban J connectivity index is 1.81. The summed E-state index contributed by atoms with van der Waals surface area (Å²) in [7, 11) is 0. The van der Waals surface area contributed by atoms with Gasteiger partial charge in [-0.1, -0.05) is 18.2 Å². The highest BCUT2D eigenvalue weighted by Gasteiger charge is 2.12. The number of carboxylic acids is 1. The number of fused-ring (bicyclic) bond motifs is 1. The van der Waals surface area contributed by atoms with E-state index in [4.69, 9.17) is 5.11 Å². The summed E-state index contributed by atoms with van der Waals surface area (Å²) < 4.78 is 0. The lowest BCUT2D eigenvalue weighted by molar-refractivity contribution is 0.0691. The molecular formula is C14H13NO2S. The molecule has 0 saturated heterocycles. The Morgan fingerprint density at radius 3 is 2.94 bits per heavy atom. The molecule has 0 fully saturated rings. The van der Waals surface area contributed by atoms with E-state index in [9.17, 15) is 4.79 Å². The van der Waals surface area contributed by atoms with Gasteiger partial charge in [-0.25, -0.2) is 9.78 Å². The van der Waals surface area contributed by atoms with E-state index in [1.54, 1.807) is 5.38 Å². The van der Waals surface area contributed by atoms with E-state index in [1.165, 1.54) is 47.3 Å². The quantitative estimate of drug-likeness (QED) is 0.922. The van der Waals surface area contributed by atoms with Crippen LogP contribution in [-0.4, -0.2) is 16.1 Å². The molecule has 0 unspecified atom stereocenters. The van der Waals surface area contributed by atoms with Crippen molar-refractivity contribution in [3.05, 3.63) is 51.0 Å². The third kappa shape index (κ3) is 2.16. The average molecular weight is 259 g/mol. The number of thiazole rings is 1. The lowest BCUT2D eigenvalue weighted by Crippen LogP contribution is -1.97. The van der Waals surface area contributed by atoms with Crippen molar-refractivity contribution in [3.63, 3.8) is 0 Å². The number of nitrogens with zero attached hydrogens (tertiary/aromatic N) is 1. The van der Waals surface area contributed by atoms with Crippen LogP contribution in [0.25, 0.3) is 0 Å². The smallest absolute Gasteiger partial charge is 0.355 e. The van der Waals surface area contributed by atoms with Crippen LogP contribution in [-0.2, 0) is 19.3 Å². The maximum atomic E-state index is 10.8. The molecule has 3 rings (SSSR count). The van der Waals surface area contributed by atoms with Crippen molar-refractivity contribution in [1.29, 1.82) is 0 Å². The van der Waals surface area contributed by atoms with Gasteiger partial charge in [-0.05, 0) is 36.0 Å². The van der Waals surface area contributed by atoms with Crippen LogP contribution >= 0.6 is 11.3 Å². The average Bonchev–Trinajstić information content (AvgIpc) is 2.96. The molecule has 0 bridgehead atoms. The first kappa shape index (κ1) is 11.4. The summed E-state index contributed by atoms with van der Waals surface area (Å²) in [5.74, 6) is -0.952. The Bertz CT molecular complexity index is 604. The third-order valence-corrected chi connectivity index (χ3v) is 4.14. The predicted octanol–water partition coefficient (Wildman–Crippen LogP) is 2.92. The van der Waals surface area contributed by atoms with Gasteiger partial charge in [0, 0.05) is 11.8 Å². The van der Waals surface area contributed by atoms with Gasteiger partial charge in [0.15, 0.2) is 5.69 Å². The van der Waals surface area contributed by atoms with Crippen molar-refractivity contribution in [2.24, 2.45) is 0 Å². The molecule has 92 valence electrons. The first-order valence-electron chi connectivity index (χ1n) is 6.01. The zero-order chi connectivity index (χ0) is 12.5. The summed E-state index contributed by atoms with van der Waals surface area (Å²) >= 11 is 1.41. The van der Waals surface area contributed by atoms with Crippen LogP contribution in [0.5, 0.6) is 0 Å². The predicted molar refractivity (Wildman–Crippen MR) is 70.3 cm³/mol. The van der Waals surface area contributed by atoms with E-state index in [0.717, 1.165) is 11.4 Å². The van der Waals surface area contributed by atoms with Crippen molar-refractivity contribution < 1.29 is 9.90 Å². The van der Waals surface area contributed by atoms with Gasteiger partial charge >= 0.3 is 5.97 Å². The van der Waals surface area contributed by atoms with Gasteiger partial charge in [0.25, 0.3) is 0 Å². The van der Waals surface area contributed by atoms with Crippen LogP contribution in [0.2, 0.25) is 0 Å². The van der Waals surface area contributed by atoms with Gasteiger partial charge in [-0.2, -0.15) is 0 Å². The summed E-state index contributed by atoms with van der Waals surface area (Å²) in [6.45, 7) is 0. The van der Waals surface area contributed by atoms with Gasteiger partial charge in [0.1, 0.15) is 0 Å².